The number of furan rings is 1. The lowest BCUT2D eigenvalue weighted by Gasteiger charge is -2.07. The lowest BCUT2D eigenvalue weighted by atomic mass is 10.1. The zero-order valence-electron chi connectivity index (χ0n) is 16.1. The number of aromatic nitrogens is 4. The minimum absolute atomic E-state index is 0.143. The number of fused-ring (bicyclic) bond motifs is 1. The monoisotopic (exact) mass is 469 g/mol. The van der Waals surface area contributed by atoms with E-state index in [2.05, 4.69) is 25.9 Å². The van der Waals surface area contributed by atoms with Gasteiger partial charge in [-0.2, -0.15) is 0 Å². The Hall–Kier alpha value is -3.76. The zero-order valence-corrected chi connectivity index (χ0v) is 17.7. The van der Waals surface area contributed by atoms with E-state index in [0.717, 1.165) is 4.88 Å². The minimum atomic E-state index is -0.583. The van der Waals surface area contributed by atoms with Crippen LogP contribution >= 0.6 is 22.9 Å². The Balaban J connectivity index is 1.29. The SMILES string of the molecule is O=C(Nc1ccc(OCc2cc(Cl)cs2)cc1)c1coc2cc(-c3nnn[nH]3)c(F)cc12. The molecule has 3 aromatic heterocycles. The Labute approximate surface area is 189 Å². The van der Waals surface area contributed by atoms with E-state index in [0.29, 0.717) is 34.0 Å². The molecule has 0 bridgehead atoms. The maximum atomic E-state index is 14.6. The molecule has 0 saturated heterocycles. The third-order valence-electron chi connectivity index (χ3n) is 4.62. The van der Waals surface area contributed by atoms with Gasteiger partial charge >= 0.3 is 0 Å². The van der Waals surface area contributed by atoms with Crippen LogP contribution < -0.4 is 10.1 Å². The number of halogens is 2. The van der Waals surface area contributed by atoms with Gasteiger partial charge in [-0.1, -0.05) is 11.6 Å². The molecule has 0 saturated carbocycles. The smallest absolute Gasteiger partial charge is 0.259 e. The fourth-order valence-corrected chi connectivity index (χ4v) is 4.08. The van der Waals surface area contributed by atoms with Gasteiger partial charge in [0.05, 0.1) is 16.1 Å². The van der Waals surface area contributed by atoms with E-state index >= 15 is 0 Å². The summed E-state index contributed by atoms with van der Waals surface area (Å²) in [6.07, 6.45) is 1.28. The number of anilines is 1. The number of aromatic amines is 1. The van der Waals surface area contributed by atoms with Crippen LogP contribution in [0.3, 0.4) is 0 Å². The van der Waals surface area contributed by atoms with Crippen LogP contribution in [0.25, 0.3) is 22.4 Å². The van der Waals surface area contributed by atoms with E-state index in [1.54, 1.807) is 24.3 Å². The highest BCUT2D eigenvalue weighted by atomic mass is 35.5. The van der Waals surface area contributed by atoms with Crippen molar-refractivity contribution < 1.29 is 18.3 Å². The topological polar surface area (TPSA) is 106 Å². The number of thiophene rings is 1. The van der Waals surface area contributed by atoms with Crippen molar-refractivity contribution in [3.63, 3.8) is 0 Å². The number of tetrazole rings is 1. The van der Waals surface area contributed by atoms with Crippen molar-refractivity contribution in [2.75, 3.05) is 5.32 Å². The number of benzene rings is 2. The summed E-state index contributed by atoms with van der Waals surface area (Å²) >= 11 is 7.43. The molecule has 0 spiro atoms. The van der Waals surface area contributed by atoms with Crippen molar-refractivity contribution in [2.45, 2.75) is 6.61 Å². The summed E-state index contributed by atoms with van der Waals surface area (Å²) in [6, 6.07) is 11.4. The Morgan fingerprint density at radius 3 is 2.81 bits per heavy atom. The van der Waals surface area contributed by atoms with Gasteiger partial charge in [-0.3, -0.25) is 4.79 Å². The predicted molar refractivity (Wildman–Crippen MR) is 117 cm³/mol. The Bertz CT molecular complexity index is 1400. The molecule has 11 heteroatoms. The molecule has 1 amide bonds. The number of hydrogen-bond acceptors (Lipinski definition) is 7. The van der Waals surface area contributed by atoms with Gasteiger partial charge in [0.15, 0.2) is 5.82 Å². The maximum absolute atomic E-state index is 14.6. The first-order valence-electron chi connectivity index (χ1n) is 9.29. The Morgan fingerprint density at radius 2 is 2.09 bits per heavy atom. The molecule has 160 valence electrons. The van der Waals surface area contributed by atoms with Crippen LogP contribution in [0.4, 0.5) is 10.1 Å². The van der Waals surface area contributed by atoms with Crippen LogP contribution in [0.5, 0.6) is 5.75 Å². The number of amides is 1. The lowest BCUT2D eigenvalue weighted by molar-refractivity contribution is 0.102. The fourth-order valence-electron chi connectivity index (χ4n) is 3.09. The zero-order chi connectivity index (χ0) is 22.1. The summed E-state index contributed by atoms with van der Waals surface area (Å²) in [6.45, 7) is 0.405. The summed E-state index contributed by atoms with van der Waals surface area (Å²) in [5.41, 5.74) is 1.24. The van der Waals surface area contributed by atoms with Crippen molar-refractivity contribution >= 4 is 45.5 Å². The normalized spacial score (nSPS) is 11.1. The summed E-state index contributed by atoms with van der Waals surface area (Å²) in [7, 11) is 0. The van der Waals surface area contributed by atoms with Gasteiger partial charge in [-0.25, -0.2) is 9.49 Å². The van der Waals surface area contributed by atoms with Gasteiger partial charge in [-0.15, -0.1) is 16.4 Å². The van der Waals surface area contributed by atoms with Gasteiger partial charge < -0.3 is 14.5 Å². The Morgan fingerprint density at radius 1 is 1.25 bits per heavy atom. The second kappa shape index (κ2) is 8.40. The molecule has 0 atom stereocenters. The summed E-state index contributed by atoms with van der Waals surface area (Å²) in [5, 5.41) is 18.7. The number of rotatable bonds is 6. The average Bonchev–Trinajstić information content (AvgIpc) is 3.53. The number of carbonyl (C=O) groups is 1. The molecule has 3 heterocycles. The molecule has 2 N–H and O–H groups in total. The van der Waals surface area contributed by atoms with Gasteiger partial charge in [0, 0.05) is 21.3 Å². The Kier molecular flexibility index (Phi) is 5.29. The molecule has 0 radical (unpaired) electrons. The number of H-pyrrole nitrogens is 1. The highest BCUT2D eigenvalue weighted by Crippen LogP contribution is 2.29. The second-order valence-corrected chi connectivity index (χ2v) is 8.16. The van der Waals surface area contributed by atoms with E-state index in [-0.39, 0.29) is 17.0 Å². The molecule has 0 aliphatic heterocycles. The van der Waals surface area contributed by atoms with Crippen molar-refractivity contribution in [1.82, 2.24) is 20.6 Å². The second-order valence-electron chi connectivity index (χ2n) is 6.73. The van der Waals surface area contributed by atoms with E-state index in [1.807, 2.05) is 11.4 Å². The molecule has 5 aromatic rings. The van der Waals surface area contributed by atoms with Crippen molar-refractivity contribution in [3.05, 3.63) is 75.4 Å². The van der Waals surface area contributed by atoms with E-state index in [9.17, 15) is 9.18 Å². The molecule has 0 unspecified atom stereocenters. The number of hydrogen-bond donors (Lipinski definition) is 2. The standard InChI is InChI=1S/C21H13ClFN5O3S/c22-11-5-14(32-10-11)8-30-13-3-1-12(2-4-13)24-21(29)17-9-31-19-7-16(18(23)6-15(17)19)20-25-27-28-26-20/h1-7,9-10H,8H2,(H,24,29)(H,25,26,27,28). The van der Waals surface area contributed by atoms with Crippen LogP contribution in [0.1, 0.15) is 15.2 Å². The highest BCUT2D eigenvalue weighted by Gasteiger charge is 2.18. The molecular formula is C21H13ClFN5O3S. The van der Waals surface area contributed by atoms with Crippen LogP contribution in [0.2, 0.25) is 5.02 Å². The number of carbonyl (C=O) groups excluding carboxylic acids is 1. The first kappa shape index (κ1) is 20.2. The molecule has 0 fully saturated rings. The summed E-state index contributed by atoms with van der Waals surface area (Å²) < 4.78 is 25.7. The molecule has 32 heavy (non-hydrogen) atoms. The third-order valence-corrected chi connectivity index (χ3v) is 5.88. The molecule has 8 nitrogen and oxygen atoms in total. The van der Waals surface area contributed by atoms with Crippen LogP contribution in [-0.4, -0.2) is 26.5 Å². The van der Waals surface area contributed by atoms with Crippen LogP contribution in [0, 0.1) is 5.82 Å². The van der Waals surface area contributed by atoms with Gasteiger partial charge in [0.2, 0.25) is 0 Å². The van der Waals surface area contributed by atoms with Gasteiger partial charge in [-0.05, 0) is 52.9 Å². The first-order chi connectivity index (χ1) is 15.6. The molecule has 0 aliphatic carbocycles. The van der Waals surface area contributed by atoms with Crippen molar-refractivity contribution in [3.8, 4) is 17.1 Å². The third kappa shape index (κ3) is 4.05. The van der Waals surface area contributed by atoms with Gasteiger partial charge in [0.25, 0.3) is 5.91 Å². The quantitative estimate of drug-likeness (QED) is 0.349. The van der Waals surface area contributed by atoms with Gasteiger partial charge in [0.1, 0.15) is 30.0 Å². The van der Waals surface area contributed by atoms with E-state index in [4.69, 9.17) is 20.8 Å². The predicted octanol–water partition coefficient (Wildman–Crippen LogP) is 5.30. The molecule has 0 aliphatic rings. The minimum Gasteiger partial charge on any atom is -0.488 e. The maximum Gasteiger partial charge on any atom is 0.259 e. The van der Waals surface area contributed by atoms with E-state index in [1.165, 1.54) is 29.7 Å². The van der Waals surface area contributed by atoms with E-state index < -0.39 is 11.7 Å². The fraction of sp³-hybridized carbons (Fsp3) is 0.0476. The van der Waals surface area contributed by atoms with Crippen LogP contribution in [-0.2, 0) is 6.61 Å². The highest BCUT2D eigenvalue weighted by molar-refractivity contribution is 7.10. The number of ether oxygens (including phenoxy) is 1. The largest absolute Gasteiger partial charge is 0.488 e. The molecule has 2 aromatic carbocycles. The number of nitrogens with zero attached hydrogens (tertiary/aromatic N) is 3. The average molecular weight is 470 g/mol. The van der Waals surface area contributed by atoms with Crippen LogP contribution in [0.15, 0.2) is 58.5 Å². The van der Waals surface area contributed by atoms with Crippen molar-refractivity contribution in [2.24, 2.45) is 0 Å². The lowest BCUT2D eigenvalue weighted by Crippen LogP contribution is -2.11. The first-order valence-corrected chi connectivity index (χ1v) is 10.5. The van der Waals surface area contributed by atoms with Crippen molar-refractivity contribution in [1.29, 1.82) is 0 Å². The molecular weight excluding hydrogens is 457 g/mol. The summed E-state index contributed by atoms with van der Waals surface area (Å²) in [4.78, 5) is 13.7. The molecule has 5 rings (SSSR count). The number of nitrogens with one attached hydrogen (secondary N) is 2. The summed E-state index contributed by atoms with van der Waals surface area (Å²) in [5.74, 6) is -0.201.